The van der Waals surface area contributed by atoms with Crippen LogP contribution in [0.5, 0.6) is 0 Å². The molecule has 5 nitrogen and oxygen atoms in total. The lowest BCUT2D eigenvalue weighted by atomic mass is 9.96. The number of benzene rings is 2. The molecule has 0 aliphatic carbocycles. The molecule has 1 saturated heterocycles. The summed E-state index contributed by atoms with van der Waals surface area (Å²) >= 11 is 1.79. The van der Waals surface area contributed by atoms with Crippen LogP contribution in [-0.2, 0) is 16.1 Å². The molecular weight excluding hydrogens is 406 g/mol. The number of carbonyl (C=O) groups is 2. The van der Waals surface area contributed by atoms with Crippen LogP contribution in [0.1, 0.15) is 35.1 Å². The van der Waals surface area contributed by atoms with Crippen LogP contribution in [0.15, 0.2) is 41.3 Å². The van der Waals surface area contributed by atoms with Gasteiger partial charge in [0.15, 0.2) is 0 Å². The number of amides is 2. The van der Waals surface area contributed by atoms with Gasteiger partial charge in [0.2, 0.25) is 0 Å². The third-order valence-electron chi connectivity index (χ3n) is 5.97. The van der Waals surface area contributed by atoms with Gasteiger partial charge in [-0.3, -0.25) is 14.5 Å². The molecule has 31 heavy (non-hydrogen) atoms. The summed E-state index contributed by atoms with van der Waals surface area (Å²) in [6, 6.07) is 12.6. The van der Waals surface area contributed by atoms with Gasteiger partial charge in [-0.1, -0.05) is 35.9 Å². The van der Waals surface area contributed by atoms with E-state index in [-0.39, 0.29) is 0 Å². The molecule has 0 saturated carbocycles. The van der Waals surface area contributed by atoms with Gasteiger partial charge in [-0.15, -0.1) is 11.8 Å². The highest BCUT2D eigenvalue weighted by Gasteiger charge is 2.22. The Hall–Kier alpha value is -2.31. The largest absolute Gasteiger partial charge is 0.348 e. The fraction of sp³-hybridized carbons (Fsp3) is 0.440. The maximum absolute atomic E-state index is 12.4. The summed E-state index contributed by atoms with van der Waals surface area (Å²) in [5, 5.41) is 5.61. The zero-order chi connectivity index (χ0) is 22.4. The van der Waals surface area contributed by atoms with Crippen molar-refractivity contribution >= 4 is 29.3 Å². The SMILES string of the molecule is CSc1ccccc1CN1CCC(CNC(=O)C(=O)Nc2c(C)cc(C)cc2C)CC1. The normalized spacial score (nSPS) is 15.0. The first-order chi connectivity index (χ1) is 14.9. The molecule has 1 fully saturated rings. The fourth-order valence-corrected chi connectivity index (χ4v) is 4.90. The monoisotopic (exact) mass is 439 g/mol. The van der Waals surface area contributed by atoms with Crippen molar-refractivity contribution in [2.75, 3.05) is 31.2 Å². The molecule has 1 heterocycles. The third-order valence-corrected chi connectivity index (χ3v) is 6.80. The van der Waals surface area contributed by atoms with Gasteiger partial charge in [-0.2, -0.15) is 0 Å². The second kappa shape index (κ2) is 10.8. The van der Waals surface area contributed by atoms with Crippen molar-refractivity contribution in [3.8, 4) is 0 Å². The Morgan fingerprint density at radius 3 is 2.32 bits per heavy atom. The standard InChI is InChI=1S/C25H33N3O2S/c1-17-13-18(2)23(19(3)14-17)27-25(30)24(29)26-15-20-9-11-28(12-10-20)16-21-7-5-6-8-22(21)31-4/h5-8,13-14,20H,9-12,15-16H2,1-4H3,(H,26,29)(H,27,30). The predicted octanol–water partition coefficient (Wildman–Crippen LogP) is 4.30. The third kappa shape index (κ3) is 6.34. The predicted molar refractivity (Wildman–Crippen MR) is 129 cm³/mol. The van der Waals surface area contributed by atoms with Crippen LogP contribution in [0.4, 0.5) is 5.69 Å². The molecule has 0 aromatic heterocycles. The van der Waals surface area contributed by atoms with Crippen molar-refractivity contribution in [3.05, 3.63) is 58.7 Å². The lowest BCUT2D eigenvalue weighted by Crippen LogP contribution is -2.41. The zero-order valence-corrected chi connectivity index (χ0v) is 19.8. The summed E-state index contributed by atoms with van der Waals surface area (Å²) in [7, 11) is 0. The molecule has 2 aromatic carbocycles. The van der Waals surface area contributed by atoms with E-state index in [9.17, 15) is 9.59 Å². The molecule has 0 radical (unpaired) electrons. The van der Waals surface area contributed by atoms with Crippen LogP contribution >= 0.6 is 11.8 Å². The van der Waals surface area contributed by atoms with Crippen molar-refractivity contribution < 1.29 is 9.59 Å². The van der Waals surface area contributed by atoms with Crippen molar-refractivity contribution in [2.24, 2.45) is 5.92 Å². The Kier molecular flexibility index (Phi) is 8.15. The lowest BCUT2D eigenvalue weighted by Gasteiger charge is -2.32. The number of nitrogens with zero attached hydrogens (tertiary/aromatic N) is 1. The maximum Gasteiger partial charge on any atom is 0.313 e. The van der Waals surface area contributed by atoms with E-state index in [0.29, 0.717) is 12.5 Å². The Morgan fingerprint density at radius 2 is 1.68 bits per heavy atom. The number of anilines is 1. The Balaban J connectivity index is 1.44. The quantitative estimate of drug-likeness (QED) is 0.520. The van der Waals surface area contributed by atoms with E-state index >= 15 is 0 Å². The minimum atomic E-state index is -0.596. The van der Waals surface area contributed by atoms with Crippen molar-refractivity contribution in [3.63, 3.8) is 0 Å². The smallest absolute Gasteiger partial charge is 0.313 e. The molecule has 2 N–H and O–H groups in total. The molecule has 6 heteroatoms. The van der Waals surface area contributed by atoms with E-state index in [4.69, 9.17) is 0 Å². The molecule has 2 aromatic rings. The number of nitrogens with one attached hydrogen (secondary N) is 2. The molecule has 1 aliphatic rings. The zero-order valence-electron chi connectivity index (χ0n) is 19.0. The summed E-state index contributed by atoms with van der Waals surface area (Å²) in [5.41, 5.74) is 5.17. The first kappa shape index (κ1) is 23.4. The van der Waals surface area contributed by atoms with Gasteiger partial charge in [0.1, 0.15) is 0 Å². The molecule has 0 unspecified atom stereocenters. The van der Waals surface area contributed by atoms with Gasteiger partial charge in [-0.25, -0.2) is 0 Å². The van der Waals surface area contributed by atoms with Crippen molar-refractivity contribution in [1.29, 1.82) is 0 Å². The topological polar surface area (TPSA) is 61.4 Å². The Bertz CT molecular complexity index is 913. The number of hydrogen-bond donors (Lipinski definition) is 2. The van der Waals surface area contributed by atoms with E-state index < -0.39 is 11.8 Å². The van der Waals surface area contributed by atoms with Gasteiger partial charge < -0.3 is 10.6 Å². The van der Waals surface area contributed by atoms with E-state index in [0.717, 1.165) is 54.9 Å². The number of carbonyl (C=O) groups excluding carboxylic acids is 2. The molecule has 1 aliphatic heterocycles. The molecule has 3 rings (SSSR count). The van der Waals surface area contributed by atoms with Crippen LogP contribution in [0.3, 0.4) is 0 Å². The van der Waals surface area contributed by atoms with Crippen LogP contribution in [-0.4, -0.2) is 42.6 Å². The average molecular weight is 440 g/mol. The number of piperidine rings is 1. The van der Waals surface area contributed by atoms with Crippen LogP contribution < -0.4 is 10.6 Å². The number of aryl methyl sites for hydroxylation is 3. The summed E-state index contributed by atoms with van der Waals surface area (Å²) < 4.78 is 0. The Labute approximate surface area is 190 Å². The summed E-state index contributed by atoms with van der Waals surface area (Å²) in [5.74, 6) is -0.747. The highest BCUT2D eigenvalue weighted by Crippen LogP contribution is 2.24. The van der Waals surface area contributed by atoms with Gasteiger partial charge in [-0.05, 0) is 81.6 Å². The highest BCUT2D eigenvalue weighted by atomic mass is 32.2. The van der Waals surface area contributed by atoms with Gasteiger partial charge in [0.05, 0.1) is 0 Å². The Morgan fingerprint density at radius 1 is 1.03 bits per heavy atom. The second-order valence-corrected chi connectivity index (χ2v) is 9.32. The summed E-state index contributed by atoms with van der Waals surface area (Å²) in [6.45, 7) is 9.44. The number of thioether (sulfide) groups is 1. The number of likely N-dealkylation sites (tertiary alicyclic amines) is 1. The van der Waals surface area contributed by atoms with E-state index in [1.807, 2.05) is 32.9 Å². The van der Waals surface area contributed by atoms with Crippen LogP contribution in [0.2, 0.25) is 0 Å². The highest BCUT2D eigenvalue weighted by molar-refractivity contribution is 7.98. The maximum atomic E-state index is 12.4. The molecule has 2 amide bonds. The second-order valence-electron chi connectivity index (χ2n) is 8.47. The van der Waals surface area contributed by atoms with Crippen LogP contribution in [0, 0.1) is 26.7 Å². The van der Waals surface area contributed by atoms with Gasteiger partial charge in [0.25, 0.3) is 0 Å². The molecule has 166 valence electrons. The van der Waals surface area contributed by atoms with E-state index in [1.54, 1.807) is 11.8 Å². The average Bonchev–Trinajstić information content (AvgIpc) is 2.75. The molecule has 0 atom stereocenters. The number of rotatable bonds is 6. The van der Waals surface area contributed by atoms with Gasteiger partial charge >= 0.3 is 11.8 Å². The van der Waals surface area contributed by atoms with E-state index in [1.165, 1.54) is 10.5 Å². The van der Waals surface area contributed by atoms with Crippen molar-refractivity contribution in [1.82, 2.24) is 10.2 Å². The molecular formula is C25H33N3O2S. The number of hydrogen-bond acceptors (Lipinski definition) is 4. The lowest BCUT2D eigenvalue weighted by molar-refractivity contribution is -0.136. The van der Waals surface area contributed by atoms with Crippen molar-refractivity contribution in [2.45, 2.75) is 45.1 Å². The summed E-state index contributed by atoms with van der Waals surface area (Å²) in [6.07, 6.45) is 4.17. The fourth-order valence-electron chi connectivity index (χ4n) is 4.29. The first-order valence-corrected chi connectivity index (χ1v) is 12.1. The minimum absolute atomic E-state index is 0.409. The van der Waals surface area contributed by atoms with Gasteiger partial charge in [0, 0.05) is 23.7 Å². The first-order valence-electron chi connectivity index (χ1n) is 10.9. The molecule has 0 bridgehead atoms. The molecule has 0 spiro atoms. The van der Waals surface area contributed by atoms with E-state index in [2.05, 4.69) is 46.1 Å². The van der Waals surface area contributed by atoms with Crippen LogP contribution in [0.25, 0.3) is 0 Å². The summed E-state index contributed by atoms with van der Waals surface area (Å²) in [4.78, 5) is 28.5. The minimum Gasteiger partial charge on any atom is -0.348 e.